The van der Waals surface area contributed by atoms with Gasteiger partial charge in [0.25, 0.3) is 0 Å². The fourth-order valence-electron chi connectivity index (χ4n) is 2.01. The van der Waals surface area contributed by atoms with E-state index in [0.717, 1.165) is 35.9 Å². The fraction of sp³-hybridized carbons (Fsp3) is 0.0667. The van der Waals surface area contributed by atoms with Gasteiger partial charge in [-0.15, -0.1) is 0 Å². The van der Waals surface area contributed by atoms with Crippen LogP contribution >= 0.6 is 39.3 Å². The lowest BCUT2D eigenvalue weighted by atomic mass is 10.2. The number of rotatable bonds is 3. The lowest BCUT2D eigenvalue weighted by Crippen LogP contribution is -1.79. The number of aromatic nitrogens is 1. The van der Waals surface area contributed by atoms with Gasteiger partial charge in [0.2, 0.25) is 0 Å². The van der Waals surface area contributed by atoms with Crippen LogP contribution in [0.5, 0.6) is 0 Å². The number of aliphatic hydroxyl groups is 1. The molecule has 0 saturated heterocycles. The van der Waals surface area contributed by atoms with Crippen molar-refractivity contribution in [3.05, 3.63) is 57.7 Å². The number of fused-ring (bicyclic) bond motifs is 1. The summed E-state index contributed by atoms with van der Waals surface area (Å²) in [4.78, 5) is 5.46. The molecule has 5 heteroatoms. The second kappa shape index (κ2) is 5.82. The molecule has 0 aliphatic carbocycles. The molecule has 0 aliphatic heterocycles. The predicted molar refractivity (Wildman–Crippen MR) is 87.5 cm³/mol. The first kappa shape index (κ1) is 14.0. The summed E-state index contributed by atoms with van der Waals surface area (Å²) in [7, 11) is 0. The normalized spacial score (nSPS) is 11.2. The van der Waals surface area contributed by atoms with E-state index < -0.39 is 0 Å². The van der Waals surface area contributed by atoms with E-state index >= 15 is 0 Å². The minimum atomic E-state index is 0.0147. The molecule has 0 unspecified atom stereocenters. The monoisotopic (exact) mass is 367 g/mol. The van der Waals surface area contributed by atoms with Gasteiger partial charge in [-0.3, -0.25) is 0 Å². The molecule has 2 aromatic carbocycles. The number of benzene rings is 2. The van der Waals surface area contributed by atoms with Crippen LogP contribution < -0.4 is 0 Å². The smallest absolute Gasteiger partial charge is 0.0831 e. The van der Waals surface area contributed by atoms with Crippen LogP contribution in [0, 0.1) is 0 Å². The molecule has 3 aromatic rings. The molecule has 1 aromatic heterocycles. The third-order valence-electron chi connectivity index (χ3n) is 2.94. The molecule has 2 N–H and O–H groups in total. The Balaban J connectivity index is 1.97. The molecule has 0 atom stereocenters. The lowest BCUT2D eigenvalue weighted by molar-refractivity contribution is 0.278. The summed E-state index contributed by atoms with van der Waals surface area (Å²) in [6.45, 7) is 0.0147. The Kier molecular flexibility index (Phi) is 4.08. The van der Waals surface area contributed by atoms with Gasteiger partial charge in [0.1, 0.15) is 0 Å². The summed E-state index contributed by atoms with van der Waals surface area (Å²) in [5.74, 6) is 0. The first-order valence-corrected chi connectivity index (χ1v) is 8.00. The van der Waals surface area contributed by atoms with Crippen LogP contribution in [0.3, 0.4) is 0 Å². The van der Waals surface area contributed by atoms with Crippen LogP contribution in [0.25, 0.3) is 10.9 Å². The van der Waals surface area contributed by atoms with E-state index in [2.05, 4.69) is 33.0 Å². The minimum absolute atomic E-state index is 0.0147. The minimum Gasteiger partial charge on any atom is -0.390 e. The number of H-pyrrole nitrogens is 1. The predicted octanol–water partition coefficient (Wildman–Crippen LogP) is 5.23. The second-order valence-corrected chi connectivity index (χ2v) is 6.81. The molecule has 0 fully saturated rings. The molecule has 0 aliphatic rings. The van der Waals surface area contributed by atoms with Gasteiger partial charge in [-0.05, 0) is 42.5 Å². The highest BCUT2D eigenvalue weighted by atomic mass is 79.9. The van der Waals surface area contributed by atoms with E-state index in [0.29, 0.717) is 0 Å². The average Bonchev–Trinajstić information content (AvgIpc) is 2.85. The summed E-state index contributed by atoms with van der Waals surface area (Å²) in [6, 6.07) is 13.9. The zero-order chi connectivity index (χ0) is 14.1. The first-order valence-electron chi connectivity index (χ1n) is 6.01. The van der Waals surface area contributed by atoms with Crippen LogP contribution in [0.15, 0.2) is 56.7 Å². The SMILES string of the molecule is OCc1cc2c(Br)cc(Sc3ccc(Cl)cc3)cc2[nH]1. The fourth-order valence-corrected chi connectivity index (χ4v) is 3.76. The van der Waals surface area contributed by atoms with Gasteiger partial charge in [-0.2, -0.15) is 0 Å². The van der Waals surface area contributed by atoms with Crippen molar-refractivity contribution in [2.75, 3.05) is 0 Å². The molecule has 0 saturated carbocycles. The van der Waals surface area contributed by atoms with E-state index in [1.54, 1.807) is 11.8 Å². The zero-order valence-corrected chi connectivity index (χ0v) is 13.5. The maximum Gasteiger partial charge on any atom is 0.0831 e. The van der Waals surface area contributed by atoms with Gasteiger partial charge in [-0.25, -0.2) is 0 Å². The van der Waals surface area contributed by atoms with Crippen molar-refractivity contribution < 1.29 is 5.11 Å². The van der Waals surface area contributed by atoms with E-state index in [4.69, 9.17) is 11.6 Å². The second-order valence-electron chi connectivity index (χ2n) is 4.38. The molecular formula is C15H11BrClNOS. The Labute approximate surface area is 134 Å². The van der Waals surface area contributed by atoms with Crippen molar-refractivity contribution in [1.29, 1.82) is 0 Å². The Bertz CT molecular complexity index is 754. The van der Waals surface area contributed by atoms with Crippen LogP contribution in [0.1, 0.15) is 5.69 Å². The highest BCUT2D eigenvalue weighted by Crippen LogP contribution is 2.35. The lowest BCUT2D eigenvalue weighted by Gasteiger charge is -2.04. The van der Waals surface area contributed by atoms with Gasteiger partial charge in [0, 0.05) is 35.9 Å². The largest absolute Gasteiger partial charge is 0.390 e. The Morgan fingerprint density at radius 3 is 2.55 bits per heavy atom. The third kappa shape index (κ3) is 2.88. The number of halogens is 2. The number of hydrogen-bond donors (Lipinski definition) is 2. The van der Waals surface area contributed by atoms with Crippen LogP contribution in [0.4, 0.5) is 0 Å². The van der Waals surface area contributed by atoms with Gasteiger partial charge in [0.15, 0.2) is 0 Å². The van der Waals surface area contributed by atoms with Crippen molar-refractivity contribution in [3.63, 3.8) is 0 Å². The number of aliphatic hydroxyl groups excluding tert-OH is 1. The molecule has 1 heterocycles. The van der Waals surface area contributed by atoms with Crippen molar-refractivity contribution in [1.82, 2.24) is 4.98 Å². The molecule has 0 amide bonds. The van der Waals surface area contributed by atoms with Gasteiger partial charge < -0.3 is 10.1 Å². The zero-order valence-electron chi connectivity index (χ0n) is 10.4. The van der Waals surface area contributed by atoms with Gasteiger partial charge in [-0.1, -0.05) is 39.3 Å². The molecular weight excluding hydrogens is 358 g/mol. The van der Waals surface area contributed by atoms with Crippen LogP contribution in [-0.2, 0) is 6.61 Å². The first-order chi connectivity index (χ1) is 9.65. The van der Waals surface area contributed by atoms with Crippen molar-refractivity contribution in [2.45, 2.75) is 16.4 Å². The molecule has 3 rings (SSSR count). The third-order valence-corrected chi connectivity index (χ3v) is 4.82. The number of nitrogens with one attached hydrogen (secondary N) is 1. The van der Waals surface area contributed by atoms with Gasteiger partial charge in [0.05, 0.1) is 6.61 Å². The highest BCUT2D eigenvalue weighted by Gasteiger charge is 2.07. The van der Waals surface area contributed by atoms with Crippen molar-refractivity contribution in [2.24, 2.45) is 0 Å². The van der Waals surface area contributed by atoms with Crippen molar-refractivity contribution >= 4 is 50.2 Å². The van der Waals surface area contributed by atoms with Crippen molar-refractivity contribution in [3.8, 4) is 0 Å². The molecule has 20 heavy (non-hydrogen) atoms. The maximum absolute atomic E-state index is 9.20. The maximum atomic E-state index is 9.20. The van der Waals surface area contributed by atoms with E-state index in [1.165, 1.54) is 0 Å². The topological polar surface area (TPSA) is 36.0 Å². The average molecular weight is 369 g/mol. The van der Waals surface area contributed by atoms with Gasteiger partial charge >= 0.3 is 0 Å². The summed E-state index contributed by atoms with van der Waals surface area (Å²) in [5, 5.41) is 11.0. The molecule has 0 spiro atoms. The quantitative estimate of drug-likeness (QED) is 0.664. The summed E-state index contributed by atoms with van der Waals surface area (Å²) >= 11 is 11.1. The summed E-state index contributed by atoms with van der Waals surface area (Å²) in [5.41, 5.74) is 1.83. The Morgan fingerprint density at radius 1 is 1.10 bits per heavy atom. The molecule has 0 bridgehead atoms. The standard InChI is InChI=1S/C15H11BrClNOS/c16-14-6-12(20-11-3-1-9(17)2-4-11)7-15-13(14)5-10(8-19)18-15/h1-7,18-19H,8H2. The molecule has 2 nitrogen and oxygen atoms in total. The van der Waals surface area contributed by atoms with Crippen LogP contribution in [0.2, 0.25) is 5.02 Å². The summed E-state index contributed by atoms with van der Waals surface area (Å²) < 4.78 is 1.02. The van der Waals surface area contributed by atoms with E-state index in [-0.39, 0.29) is 6.61 Å². The molecule has 0 radical (unpaired) electrons. The number of aromatic amines is 1. The Hall–Kier alpha value is -0.940. The number of hydrogen-bond acceptors (Lipinski definition) is 2. The van der Waals surface area contributed by atoms with Crippen LogP contribution in [-0.4, -0.2) is 10.1 Å². The molecule has 102 valence electrons. The van der Waals surface area contributed by atoms with E-state index in [1.807, 2.05) is 30.3 Å². The highest BCUT2D eigenvalue weighted by molar-refractivity contribution is 9.10. The Morgan fingerprint density at radius 2 is 1.85 bits per heavy atom. The summed E-state index contributed by atoms with van der Waals surface area (Å²) in [6.07, 6.45) is 0. The van der Waals surface area contributed by atoms with E-state index in [9.17, 15) is 5.11 Å².